The van der Waals surface area contributed by atoms with Gasteiger partial charge in [0.15, 0.2) is 0 Å². The summed E-state index contributed by atoms with van der Waals surface area (Å²) in [4.78, 5) is 10.9. The first kappa shape index (κ1) is 16.1. The highest BCUT2D eigenvalue weighted by molar-refractivity contribution is 6.30. The van der Waals surface area contributed by atoms with Crippen molar-refractivity contribution in [2.24, 2.45) is 5.92 Å². The summed E-state index contributed by atoms with van der Waals surface area (Å²) < 4.78 is 5.60. The minimum absolute atomic E-state index is 0.169. The van der Waals surface area contributed by atoms with Gasteiger partial charge in [-0.2, -0.15) is 0 Å². The molecule has 0 unspecified atom stereocenters. The second-order valence-electron chi connectivity index (χ2n) is 5.45. The number of hydrogen-bond donors (Lipinski definition) is 2. The molecular formula is C16H22ClNO3. The minimum Gasteiger partial charge on any atom is -0.493 e. The summed E-state index contributed by atoms with van der Waals surface area (Å²) in [6.45, 7) is 3.28. The number of hydrogen-bond acceptors (Lipinski definition) is 3. The average molecular weight is 312 g/mol. The van der Waals surface area contributed by atoms with Gasteiger partial charge >= 0.3 is 5.97 Å². The maximum Gasteiger partial charge on any atom is 0.306 e. The third-order valence-electron chi connectivity index (χ3n) is 3.99. The number of nitrogens with one attached hydrogen (secondary N) is 1. The zero-order valence-corrected chi connectivity index (χ0v) is 13.0. The quantitative estimate of drug-likeness (QED) is 0.844. The van der Waals surface area contributed by atoms with Crippen molar-refractivity contribution in [3.8, 4) is 5.75 Å². The second-order valence-corrected chi connectivity index (χ2v) is 5.89. The van der Waals surface area contributed by atoms with Gasteiger partial charge < -0.3 is 15.2 Å². The molecule has 0 amide bonds. The van der Waals surface area contributed by atoms with Gasteiger partial charge in [0.05, 0.1) is 12.5 Å². The van der Waals surface area contributed by atoms with E-state index in [0.29, 0.717) is 17.7 Å². The standard InChI is InChI=1S/C16H22ClNO3/c1-2-21-15-9-13(17)6-3-12(15)10-18-14-7-4-11(5-8-14)16(19)20/h3,6,9,11,14,18H,2,4-5,7-8,10H2,1H3,(H,19,20). The molecule has 1 aromatic carbocycles. The fourth-order valence-corrected chi connectivity index (χ4v) is 2.93. The number of halogens is 1. The molecule has 1 saturated carbocycles. The van der Waals surface area contributed by atoms with Crippen molar-refractivity contribution in [2.45, 2.75) is 45.2 Å². The van der Waals surface area contributed by atoms with E-state index in [9.17, 15) is 4.79 Å². The Morgan fingerprint density at radius 1 is 1.38 bits per heavy atom. The number of carboxylic acids is 1. The van der Waals surface area contributed by atoms with Gasteiger partial charge in [0.2, 0.25) is 0 Å². The molecular weight excluding hydrogens is 290 g/mol. The van der Waals surface area contributed by atoms with Gasteiger partial charge in [-0.1, -0.05) is 17.7 Å². The van der Waals surface area contributed by atoms with Crippen LogP contribution in [0.3, 0.4) is 0 Å². The molecule has 0 bridgehead atoms. The van der Waals surface area contributed by atoms with Crippen molar-refractivity contribution in [2.75, 3.05) is 6.61 Å². The van der Waals surface area contributed by atoms with Crippen molar-refractivity contribution in [1.82, 2.24) is 5.32 Å². The number of carboxylic acid groups (broad SMARTS) is 1. The molecule has 0 spiro atoms. The van der Waals surface area contributed by atoms with Crippen LogP contribution in [-0.2, 0) is 11.3 Å². The maximum atomic E-state index is 10.9. The summed E-state index contributed by atoms with van der Waals surface area (Å²) in [6.07, 6.45) is 3.33. The molecule has 0 aliphatic heterocycles. The first-order valence-corrected chi connectivity index (χ1v) is 7.85. The largest absolute Gasteiger partial charge is 0.493 e. The fraction of sp³-hybridized carbons (Fsp3) is 0.562. The van der Waals surface area contributed by atoms with Gasteiger partial charge in [0.25, 0.3) is 0 Å². The monoisotopic (exact) mass is 311 g/mol. The van der Waals surface area contributed by atoms with Crippen molar-refractivity contribution in [3.05, 3.63) is 28.8 Å². The van der Waals surface area contributed by atoms with Crippen LogP contribution in [0.25, 0.3) is 0 Å². The Kier molecular flexibility index (Phi) is 5.88. The summed E-state index contributed by atoms with van der Waals surface area (Å²) in [5, 5.41) is 13.2. The SMILES string of the molecule is CCOc1cc(Cl)ccc1CNC1CCC(C(=O)O)CC1. The number of aliphatic carboxylic acids is 1. The molecule has 0 aromatic heterocycles. The van der Waals surface area contributed by atoms with Gasteiger partial charge in [-0.25, -0.2) is 0 Å². The summed E-state index contributed by atoms with van der Waals surface area (Å²) in [5.74, 6) is -0.0147. The lowest BCUT2D eigenvalue weighted by molar-refractivity contribution is -0.142. The molecule has 4 nitrogen and oxygen atoms in total. The van der Waals surface area contributed by atoms with Gasteiger partial charge in [-0.05, 0) is 44.7 Å². The number of rotatable bonds is 6. The predicted molar refractivity (Wildman–Crippen MR) is 82.8 cm³/mol. The second kappa shape index (κ2) is 7.66. The third kappa shape index (κ3) is 4.61. The van der Waals surface area contributed by atoms with E-state index in [2.05, 4.69) is 5.32 Å². The molecule has 0 saturated heterocycles. The Bertz CT molecular complexity index is 484. The Morgan fingerprint density at radius 2 is 2.10 bits per heavy atom. The lowest BCUT2D eigenvalue weighted by Gasteiger charge is -2.27. The van der Waals surface area contributed by atoms with E-state index in [4.69, 9.17) is 21.4 Å². The van der Waals surface area contributed by atoms with E-state index in [1.54, 1.807) is 0 Å². The highest BCUT2D eigenvalue weighted by Crippen LogP contribution is 2.26. The van der Waals surface area contributed by atoms with Crippen LogP contribution < -0.4 is 10.1 Å². The van der Waals surface area contributed by atoms with E-state index in [1.807, 2.05) is 25.1 Å². The van der Waals surface area contributed by atoms with Crippen LogP contribution in [0.1, 0.15) is 38.2 Å². The highest BCUT2D eigenvalue weighted by Gasteiger charge is 2.25. The summed E-state index contributed by atoms with van der Waals surface area (Å²) in [6, 6.07) is 6.06. The lowest BCUT2D eigenvalue weighted by atomic mass is 9.86. The smallest absolute Gasteiger partial charge is 0.306 e. The van der Waals surface area contributed by atoms with Crippen LogP contribution in [-0.4, -0.2) is 23.7 Å². The van der Waals surface area contributed by atoms with E-state index < -0.39 is 5.97 Å². The topological polar surface area (TPSA) is 58.6 Å². The van der Waals surface area contributed by atoms with E-state index in [-0.39, 0.29) is 5.92 Å². The van der Waals surface area contributed by atoms with Gasteiger partial charge in [0, 0.05) is 23.2 Å². The Balaban J connectivity index is 1.87. The summed E-state index contributed by atoms with van der Waals surface area (Å²) >= 11 is 5.99. The van der Waals surface area contributed by atoms with Crippen molar-refractivity contribution in [3.63, 3.8) is 0 Å². The molecule has 1 fully saturated rings. The van der Waals surface area contributed by atoms with Crippen LogP contribution >= 0.6 is 11.6 Å². The molecule has 2 N–H and O–H groups in total. The van der Waals surface area contributed by atoms with Crippen LogP contribution in [0.15, 0.2) is 18.2 Å². The number of carbonyl (C=O) groups is 1. The maximum absolute atomic E-state index is 10.9. The zero-order chi connectivity index (χ0) is 15.2. The molecule has 2 rings (SSSR count). The molecule has 0 atom stereocenters. The van der Waals surface area contributed by atoms with Crippen LogP contribution in [0.5, 0.6) is 5.75 Å². The van der Waals surface area contributed by atoms with Crippen LogP contribution in [0.4, 0.5) is 0 Å². The lowest BCUT2D eigenvalue weighted by Crippen LogP contribution is -2.34. The molecule has 5 heteroatoms. The first-order valence-electron chi connectivity index (χ1n) is 7.47. The molecule has 0 radical (unpaired) electrons. The molecule has 116 valence electrons. The van der Waals surface area contributed by atoms with Crippen molar-refractivity contribution >= 4 is 17.6 Å². The molecule has 0 heterocycles. The summed E-state index contributed by atoms with van der Waals surface area (Å²) in [7, 11) is 0. The highest BCUT2D eigenvalue weighted by atomic mass is 35.5. The average Bonchev–Trinajstić information content (AvgIpc) is 2.47. The van der Waals surface area contributed by atoms with Gasteiger partial charge in [-0.15, -0.1) is 0 Å². The van der Waals surface area contributed by atoms with Crippen molar-refractivity contribution < 1.29 is 14.6 Å². The normalized spacial score (nSPS) is 22.0. The number of benzene rings is 1. The molecule has 1 aromatic rings. The molecule has 1 aliphatic rings. The van der Waals surface area contributed by atoms with Gasteiger partial charge in [0.1, 0.15) is 5.75 Å². The Hall–Kier alpha value is -1.26. The summed E-state index contributed by atoms with van der Waals surface area (Å²) in [5.41, 5.74) is 1.08. The van der Waals surface area contributed by atoms with E-state index in [0.717, 1.165) is 43.5 Å². The Morgan fingerprint density at radius 3 is 2.71 bits per heavy atom. The number of ether oxygens (including phenoxy) is 1. The zero-order valence-electron chi connectivity index (χ0n) is 12.3. The minimum atomic E-state index is -0.662. The molecule has 21 heavy (non-hydrogen) atoms. The Labute approximate surface area is 130 Å². The predicted octanol–water partition coefficient (Wildman–Crippen LogP) is 3.47. The van der Waals surface area contributed by atoms with E-state index in [1.165, 1.54) is 0 Å². The van der Waals surface area contributed by atoms with Gasteiger partial charge in [-0.3, -0.25) is 4.79 Å². The van der Waals surface area contributed by atoms with E-state index >= 15 is 0 Å². The van der Waals surface area contributed by atoms with Crippen LogP contribution in [0, 0.1) is 5.92 Å². The van der Waals surface area contributed by atoms with Crippen LogP contribution in [0.2, 0.25) is 5.02 Å². The first-order chi connectivity index (χ1) is 10.1. The third-order valence-corrected chi connectivity index (χ3v) is 4.22. The van der Waals surface area contributed by atoms with Crippen molar-refractivity contribution in [1.29, 1.82) is 0 Å². The molecule has 1 aliphatic carbocycles. The fourth-order valence-electron chi connectivity index (χ4n) is 2.76.